The van der Waals surface area contributed by atoms with Crippen LogP contribution in [-0.4, -0.2) is 30.7 Å². The SMILES string of the molecule is CCNc1ccnc(-c2ccc(OC)cc2OC)n1. The molecule has 0 saturated carbocycles. The van der Waals surface area contributed by atoms with Gasteiger partial charge in [-0.15, -0.1) is 0 Å². The van der Waals surface area contributed by atoms with Crippen molar-refractivity contribution in [2.24, 2.45) is 0 Å². The number of ether oxygens (including phenoxy) is 2. The summed E-state index contributed by atoms with van der Waals surface area (Å²) in [7, 11) is 3.24. The first kappa shape index (κ1) is 13.1. The highest BCUT2D eigenvalue weighted by Gasteiger charge is 2.10. The van der Waals surface area contributed by atoms with Crippen LogP contribution in [0.1, 0.15) is 6.92 Å². The molecule has 0 unspecified atom stereocenters. The predicted molar refractivity (Wildman–Crippen MR) is 74.7 cm³/mol. The molecule has 1 aromatic carbocycles. The number of hydrogen-bond donors (Lipinski definition) is 1. The van der Waals surface area contributed by atoms with Crippen molar-refractivity contribution in [1.82, 2.24) is 9.97 Å². The molecule has 0 radical (unpaired) electrons. The van der Waals surface area contributed by atoms with Gasteiger partial charge < -0.3 is 14.8 Å². The first-order valence-corrected chi connectivity index (χ1v) is 6.07. The summed E-state index contributed by atoms with van der Waals surface area (Å²) in [6.07, 6.45) is 1.73. The molecular weight excluding hydrogens is 242 g/mol. The first-order valence-electron chi connectivity index (χ1n) is 6.07. The lowest BCUT2D eigenvalue weighted by Gasteiger charge is -2.10. The Labute approximate surface area is 112 Å². The molecule has 1 N–H and O–H groups in total. The van der Waals surface area contributed by atoms with Gasteiger partial charge in [0.05, 0.1) is 19.8 Å². The minimum atomic E-state index is 0.623. The molecule has 0 atom stereocenters. The molecule has 5 heteroatoms. The molecule has 2 aromatic rings. The van der Waals surface area contributed by atoms with Gasteiger partial charge in [-0.05, 0) is 25.1 Å². The van der Waals surface area contributed by atoms with Crippen molar-refractivity contribution < 1.29 is 9.47 Å². The Balaban J connectivity index is 2.43. The molecule has 0 aliphatic carbocycles. The molecule has 0 spiro atoms. The zero-order valence-electron chi connectivity index (χ0n) is 11.3. The summed E-state index contributed by atoms with van der Waals surface area (Å²) in [6.45, 7) is 2.84. The lowest BCUT2D eigenvalue weighted by Crippen LogP contribution is -2.01. The second-order valence-electron chi connectivity index (χ2n) is 3.86. The Morgan fingerprint density at radius 2 is 2.00 bits per heavy atom. The summed E-state index contributed by atoms with van der Waals surface area (Å²) < 4.78 is 10.5. The highest BCUT2D eigenvalue weighted by atomic mass is 16.5. The maximum Gasteiger partial charge on any atom is 0.165 e. The smallest absolute Gasteiger partial charge is 0.165 e. The molecule has 0 aliphatic rings. The lowest BCUT2D eigenvalue weighted by molar-refractivity contribution is 0.395. The van der Waals surface area contributed by atoms with Gasteiger partial charge in [-0.25, -0.2) is 9.97 Å². The van der Waals surface area contributed by atoms with E-state index in [4.69, 9.17) is 9.47 Å². The van der Waals surface area contributed by atoms with Crippen LogP contribution >= 0.6 is 0 Å². The minimum Gasteiger partial charge on any atom is -0.497 e. The Morgan fingerprint density at radius 3 is 2.68 bits per heavy atom. The van der Waals surface area contributed by atoms with Gasteiger partial charge in [-0.2, -0.15) is 0 Å². The van der Waals surface area contributed by atoms with E-state index in [0.717, 1.165) is 23.7 Å². The van der Waals surface area contributed by atoms with E-state index in [1.807, 2.05) is 31.2 Å². The zero-order valence-corrected chi connectivity index (χ0v) is 11.3. The largest absolute Gasteiger partial charge is 0.497 e. The topological polar surface area (TPSA) is 56.3 Å². The van der Waals surface area contributed by atoms with E-state index in [1.165, 1.54) is 0 Å². The fourth-order valence-electron chi connectivity index (χ4n) is 1.75. The summed E-state index contributed by atoms with van der Waals surface area (Å²) in [5.74, 6) is 2.85. The quantitative estimate of drug-likeness (QED) is 0.894. The molecule has 0 bridgehead atoms. The summed E-state index contributed by atoms with van der Waals surface area (Å²) in [6, 6.07) is 7.41. The third kappa shape index (κ3) is 2.93. The molecule has 5 nitrogen and oxygen atoms in total. The molecule has 1 aromatic heterocycles. The highest BCUT2D eigenvalue weighted by Crippen LogP contribution is 2.31. The van der Waals surface area contributed by atoms with E-state index < -0.39 is 0 Å². The summed E-state index contributed by atoms with van der Waals surface area (Å²) in [5, 5.41) is 3.16. The van der Waals surface area contributed by atoms with Crippen LogP contribution in [0, 0.1) is 0 Å². The molecule has 0 amide bonds. The third-order valence-corrected chi connectivity index (χ3v) is 2.66. The first-order chi connectivity index (χ1) is 9.28. The number of aromatic nitrogens is 2. The monoisotopic (exact) mass is 259 g/mol. The average Bonchev–Trinajstić information content (AvgIpc) is 2.47. The number of methoxy groups -OCH3 is 2. The van der Waals surface area contributed by atoms with Gasteiger partial charge in [-0.1, -0.05) is 0 Å². The number of benzene rings is 1. The highest BCUT2D eigenvalue weighted by molar-refractivity contribution is 5.66. The average molecular weight is 259 g/mol. The van der Waals surface area contributed by atoms with E-state index in [-0.39, 0.29) is 0 Å². The second kappa shape index (κ2) is 6.04. The Bertz CT molecular complexity index is 558. The van der Waals surface area contributed by atoms with Crippen molar-refractivity contribution in [2.75, 3.05) is 26.1 Å². The molecular formula is C14H17N3O2. The zero-order chi connectivity index (χ0) is 13.7. The Morgan fingerprint density at radius 1 is 1.16 bits per heavy atom. The Kier molecular flexibility index (Phi) is 4.18. The maximum atomic E-state index is 5.36. The Hall–Kier alpha value is -2.30. The lowest BCUT2D eigenvalue weighted by atomic mass is 10.1. The number of nitrogens with zero attached hydrogens (tertiary/aromatic N) is 2. The molecule has 2 rings (SSSR count). The third-order valence-electron chi connectivity index (χ3n) is 2.66. The maximum absolute atomic E-state index is 5.36. The van der Waals surface area contributed by atoms with Crippen LogP contribution < -0.4 is 14.8 Å². The molecule has 19 heavy (non-hydrogen) atoms. The fraction of sp³-hybridized carbons (Fsp3) is 0.286. The molecule has 100 valence electrons. The van der Waals surface area contributed by atoms with Gasteiger partial charge in [0.2, 0.25) is 0 Å². The van der Waals surface area contributed by atoms with E-state index >= 15 is 0 Å². The van der Waals surface area contributed by atoms with Crippen LogP contribution in [0.5, 0.6) is 11.5 Å². The second-order valence-corrected chi connectivity index (χ2v) is 3.86. The van der Waals surface area contributed by atoms with Gasteiger partial charge in [0.15, 0.2) is 5.82 Å². The van der Waals surface area contributed by atoms with E-state index in [9.17, 15) is 0 Å². The normalized spacial score (nSPS) is 10.1. The van der Waals surface area contributed by atoms with Crippen molar-refractivity contribution in [3.63, 3.8) is 0 Å². The van der Waals surface area contributed by atoms with Crippen LogP contribution in [0.15, 0.2) is 30.5 Å². The molecule has 0 aliphatic heterocycles. The standard InChI is InChI=1S/C14H17N3O2/c1-4-15-13-7-8-16-14(17-13)11-6-5-10(18-2)9-12(11)19-3/h5-9H,4H2,1-3H3,(H,15,16,17). The minimum absolute atomic E-state index is 0.623. The number of rotatable bonds is 5. The van der Waals surface area contributed by atoms with Gasteiger partial charge in [0.1, 0.15) is 17.3 Å². The predicted octanol–water partition coefficient (Wildman–Crippen LogP) is 2.59. The van der Waals surface area contributed by atoms with Crippen LogP contribution in [0.2, 0.25) is 0 Å². The van der Waals surface area contributed by atoms with Crippen molar-refractivity contribution in [2.45, 2.75) is 6.92 Å². The number of anilines is 1. The van der Waals surface area contributed by atoms with Crippen LogP contribution in [-0.2, 0) is 0 Å². The molecule has 1 heterocycles. The number of hydrogen-bond acceptors (Lipinski definition) is 5. The summed E-state index contributed by atoms with van der Waals surface area (Å²) >= 11 is 0. The van der Waals surface area contributed by atoms with Crippen molar-refractivity contribution in [3.8, 4) is 22.9 Å². The van der Waals surface area contributed by atoms with E-state index in [1.54, 1.807) is 20.4 Å². The van der Waals surface area contributed by atoms with Crippen molar-refractivity contribution in [1.29, 1.82) is 0 Å². The molecule has 0 fully saturated rings. The van der Waals surface area contributed by atoms with Gasteiger partial charge in [0, 0.05) is 18.8 Å². The van der Waals surface area contributed by atoms with E-state index in [0.29, 0.717) is 11.6 Å². The van der Waals surface area contributed by atoms with Crippen LogP contribution in [0.4, 0.5) is 5.82 Å². The summed E-state index contributed by atoms with van der Waals surface area (Å²) in [4.78, 5) is 8.74. The molecule has 0 saturated heterocycles. The van der Waals surface area contributed by atoms with Crippen LogP contribution in [0.3, 0.4) is 0 Å². The van der Waals surface area contributed by atoms with Crippen molar-refractivity contribution >= 4 is 5.82 Å². The number of nitrogens with one attached hydrogen (secondary N) is 1. The van der Waals surface area contributed by atoms with Gasteiger partial charge >= 0.3 is 0 Å². The van der Waals surface area contributed by atoms with Gasteiger partial charge in [0.25, 0.3) is 0 Å². The van der Waals surface area contributed by atoms with Crippen molar-refractivity contribution in [3.05, 3.63) is 30.5 Å². The fourth-order valence-corrected chi connectivity index (χ4v) is 1.75. The van der Waals surface area contributed by atoms with Gasteiger partial charge in [-0.3, -0.25) is 0 Å². The van der Waals surface area contributed by atoms with E-state index in [2.05, 4.69) is 15.3 Å². The van der Waals surface area contributed by atoms with Crippen LogP contribution in [0.25, 0.3) is 11.4 Å². The summed E-state index contributed by atoms with van der Waals surface area (Å²) in [5.41, 5.74) is 0.836.